The summed E-state index contributed by atoms with van der Waals surface area (Å²) in [6, 6.07) is 3.18. The molecule has 0 aliphatic rings. The molecule has 2 nitrogen and oxygen atoms in total. The van der Waals surface area contributed by atoms with Crippen molar-refractivity contribution < 1.29 is 0 Å². The first-order valence-corrected chi connectivity index (χ1v) is 8.44. The third kappa shape index (κ3) is 6.15. The van der Waals surface area contributed by atoms with Gasteiger partial charge in [-0.05, 0) is 70.1 Å². The Balaban J connectivity index is 2.67. The molecule has 1 heterocycles. The summed E-state index contributed by atoms with van der Waals surface area (Å²) in [7, 11) is 0. The zero-order valence-corrected chi connectivity index (χ0v) is 14.8. The van der Waals surface area contributed by atoms with Crippen LogP contribution in [0.3, 0.4) is 0 Å². The normalized spacial score (nSPS) is 13.6. The molecule has 0 saturated heterocycles. The van der Waals surface area contributed by atoms with Crippen molar-refractivity contribution in [2.24, 2.45) is 0 Å². The standard InChI is InChI=1S/C20H32N2/c1-7-9-10-20-18(6)21-12-11-19(20)14-15(3)13-17(5)22-16(4)8-2/h7,11-12,16-17,22H,1,3,8-10,13-14H2,2,4-6H3/t16-,17+/m0/s1. The average molecular weight is 300 g/mol. The van der Waals surface area contributed by atoms with Gasteiger partial charge in [-0.2, -0.15) is 0 Å². The number of aromatic nitrogens is 1. The number of hydrogen-bond donors (Lipinski definition) is 1. The van der Waals surface area contributed by atoms with E-state index < -0.39 is 0 Å². The molecule has 0 radical (unpaired) electrons. The second kappa shape index (κ2) is 9.58. The lowest BCUT2D eigenvalue weighted by molar-refractivity contribution is 0.453. The number of nitrogens with one attached hydrogen (secondary N) is 1. The van der Waals surface area contributed by atoms with Gasteiger partial charge in [0.1, 0.15) is 0 Å². The lowest BCUT2D eigenvalue weighted by Gasteiger charge is -2.20. The Hall–Kier alpha value is -1.41. The van der Waals surface area contributed by atoms with E-state index in [9.17, 15) is 0 Å². The highest BCUT2D eigenvalue weighted by atomic mass is 14.9. The largest absolute Gasteiger partial charge is 0.311 e. The molecule has 22 heavy (non-hydrogen) atoms. The summed E-state index contributed by atoms with van der Waals surface area (Å²) in [6.07, 6.45) is 9.03. The van der Waals surface area contributed by atoms with Crippen LogP contribution in [-0.4, -0.2) is 17.1 Å². The minimum Gasteiger partial charge on any atom is -0.311 e. The van der Waals surface area contributed by atoms with Crippen LogP contribution in [0.5, 0.6) is 0 Å². The summed E-state index contributed by atoms with van der Waals surface area (Å²) >= 11 is 0. The molecule has 0 saturated carbocycles. The first-order chi connectivity index (χ1) is 10.5. The second-order valence-corrected chi connectivity index (χ2v) is 6.37. The summed E-state index contributed by atoms with van der Waals surface area (Å²) in [5.41, 5.74) is 5.16. The number of hydrogen-bond acceptors (Lipinski definition) is 2. The van der Waals surface area contributed by atoms with Crippen LogP contribution >= 0.6 is 0 Å². The average Bonchev–Trinajstić information content (AvgIpc) is 2.46. The maximum Gasteiger partial charge on any atom is 0.0407 e. The number of allylic oxidation sites excluding steroid dienone is 1. The molecule has 1 rings (SSSR count). The van der Waals surface area contributed by atoms with Crippen molar-refractivity contribution in [1.29, 1.82) is 0 Å². The summed E-state index contributed by atoms with van der Waals surface area (Å²) in [5, 5.41) is 3.62. The van der Waals surface area contributed by atoms with Crippen LogP contribution in [-0.2, 0) is 12.8 Å². The fourth-order valence-electron chi connectivity index (χ4n) is 2.84. The number of pyridine rings is 1. The third-order valence-corrected chi connectivity index (χ3v) is 4.18. The van der Waals surface area contributed by atoms with Gasteiger partial charge in [-0.15, -0.1) is 6.58 Å². The van der Waals surface area contributed by atoms with Crippen molar-refractivity contribution in [3.8, 4) is 0 Å². The quantitative estimate of drug-likeness (QED) is 0.629. The number of nitrogens with zero attached hydrogens (tertiary/aromatic N) is 1. The summed E-state index contributed by atoms with van der Waals surface area (Å²) in [6.45, 7) is 16.9. The summed E-state index contributed by atoms with van der Waals surface area (Å²) in [4.78, 5) is 4.44. The van der Waals surface area contributed by atoms with Gasteiger partial charge in [-0.1, -0.05) is 25.2 Å². The van der Waals surface area contributed by atoms with E-state index in [2.05, 4.69) is 57.2 Å². The first-order valence-electron chi connectivity index (χ1n) is 8.44. The molecule has 0 spiro atoms. The molecule has 0 aliphatic heterocycles. The van der Waals surface area contributed by atoms with Crippen LogP contribution in [0.4, 0.5) is 0 Å². The lowest BCUT2D eigenvalue weighted by atomic mass is 9.94. The Morgan fingerprint density at radius 2 is 2.09 bits per heavy atom. The van der Waals surface area contributed by atoms with Crippen LogP contribution in [0.1, 0.15) is 56.9 Å². The van der Waals surface area contributed by atoms with E-state index in [-0.39, 0.29) is 0 Å². The van der Waals surface area contributed by atoms with Gasteiger partial charge in [0.05, 0.1) is 0 Å². The molecule has 0 fully saturated rings. The number of rotatable bonds is 10. The molecule has 0 aliphatic carbocycles. The van der Waals surface area contributed by atoms with Crippen molar-refractivity contribution >= 4 is 0 Å². The highest BCUT2D eigenvalue weighted by molar-refractivity contribution is 5.33. The van der Waals surface area contributed by atoms with Crippen molar-refractivity contribution in [3.05, 3.63) is 53.9 Å². The van der Waals surface area contributed by atoms with Crippen LogP contribution < -0.4 is 5.32 Å². The van der Waals surface area contributed by atoms with Gasteiger partial charge in [-0.25, -0.2) is 0 Å². The SMILES string of the molecule is C=CCCc1c(CC(=C)C[C@@H](C)N[C@@H](C)CC)ccnc1C. The van der Waals surface area contributed by atoms with Crippen LogP contribution in [0, 0.1) is 6.92 Å². The first kappa shape index (κ1) is 18.6. The Labute approximate surface area is 136 Å². The predicted octanol–water partition coefficient (Wildman–Crippen LogP) is 4.77. The Kier molecular flexibility index (Phi) is 8.11. The lowest BCUT2D eigenvalue weighted by Crippen LogP contribution is -2.34. The molecular formula is C20H32N2. The molecule has 2 atom stereocenters. The monoisotopic (exact) mass is 300 g/mol. The predicted molar refractivity (Wildman–Crippen MR) is 97.3 cm³/mol. The molecule has 2 heteroatoms. The van der Waals surface area contributed by atoms with Gasteiger partial charge < -0.3 is 5.32 Å². The molecule has 0 unspecified atom stereocenters. The van der Waals surface area contributed by atoms with Crippen molar-refractivity contribution in [2.45, 2.75) is 71.9 Å². The second-order valence-electron chi connectivity index (χ2n) is 6.37. The maximum absolute atomic E-state index is 4.44. The number of aryl methyl sites for hydroxylation is 1. The van der Waals surface area contributed by atoms with E-state index in [0.717, 1.165) is 37.8 Å². The van der Waals surface area contributed by atoms with Gasteiger partial charge >= 0.3 is 0 Å². The minimum atomic E-state index is 0.474. The highest BCUT2D eigenvalue weighted by Crippen LogP contribution is 2.19. The molecule has 122 valence electrons. The van der Waals surface area contributed by atoms with Gasteiger partial charge in [-0.3, -0.25) is 4.98 Å². The molecule has 1 N–H and O–H groups in total. The van der Waals surface area contributed by atoms with Gasteiger partial charge in [0.2, 0.25) is 0 Å². The van der Waals surface area contributed by atoms with E-state index in [4.69, 9.17) is 0 Å². The van der Waals surface area contributed by atoms with Crippen molar-refractivity contribution in [3.63, 3.8) is 0 Å². The van der Waals surface area contributed by atoms with E-state index in [1.807, 2.05) is 12.3 Å². The fourth-order valence-corrected chi connectivity index (χ4v) is 2.84. The smallest absolute Gasteiger partial charge is 0.0407 e. The molecule has 1 aromatic rings. The maximum atomic E-state index is 4.44. The summed E-state index contributed by atoms with van der Waals surface area (Å²) < 4.78 is 0. The highest BCUT2D eigenvalue weighted by Gasteiger charge is 2.11. The van der Waals surface area contributed by atoms with Crippen molar-refractivity contribution in [1.82, 2.24) is 10.3 Å². The molecular weight excluding hydrogens is 268 g/mol. The molecule has 0 amide bonds. The Morgan fingerprint density at radius 3 is 2.73 bits per heavy atom. The van der Waals surface area contributed by atoms with Gasteiger partial charge in [0, 0.05) is 24.0 Å². The summed E-state index contributed by atoms with van der Waals surface area (Å²) in [5.74, 6) is 0. The third-order valence-electron chi connectivity index (χ3n) is 4.18. The van der Waals surface area contributed by atoms with E-state index in [0.29, 0.717) is 12.1 Å². The van der Waals surface area contributed by atoms with E-state index in [1.165, 1.54) is 16.7 Å². The van der Waals surface area contributed by atoms with Gasteiger partial charge in [0.15, 0.2) is 0 Å². The zero-order valence-electron chi connectivity index (χ0n) is 14.8. The molecule has 0 aromatic carbocycles. The topological polar surface area (TPSA) is 24.9 Å². The van der Waals surface area contributed by atoms with Crippen LogP contribution in [0.15, 0.2) is 37.1 Å². The van der Waals surface area contributed by atoms with Crippen molar-refractivity contribution in [2.75, 3.05) is 0 Å². The Morgan fingerprint density at radius 1 is 1.36 bits per heavy atom. The van der Waals surface area contributed by atoms with E-state index >= 15 is 0 Å². The van der Waals surface area contributed by atoms with E-state index in [1.54, 1.807) is 0 Å². The van der Waals surface area contributed by atoms with Crippen LogP contribution in [0.2, 0.25) is 0 Å². The molecule has 0 bridgehead atoms. The van der Waals surface area contributed by atoms with Gasteiger partial charge in [0.25, 0.3) is 0 Å². The molecule has 1 aromatic heterocycles. The zero-order chi connectivity index (χ0) is 16.5. The van der Waals surface area contributed by atoms with Crippen LogP contribution in [0.25, 0.3) is 0 Å². The minimum absolute atomic E-state index is 0.474. The fraction of sp³-hybridized carbons (Fsp3) is 0.550. The Bertz CT molecular complexity index is 490.